The van der Waals surface area contributed by atoms with E-state index in [0.717, 1.165) is 25.7 Å². The van der Waals surface area contributed by atoms with E-state index >= 15 is 0 Å². The average molecular weight is 317 g/mol. The molecular weight excluding hydrogens is 300 g/mol. The van der Waals surface area contributed by atoms with Gasteiger partial charge in [0, 0.05) is 7.05 Å². The highest BCUT2D eigenvalue weighted by Gasteiger charge is 2.37. The third kappa shape index (κ3) is 2.97. The molecule has 0 atom stereocenters. The maximum Gasteiger partial charge on any atom is 0.262 e. The minimum absolute atomic E-state index is 0.0409. The van der Waals surface area contributed by atoms with Crippen LogP contribution in [0.25, 0.3) is 0 Å². The first-order valence-electron chi connectivity index (χ1n) is 6.52. The smallest absolute Gasteiger partial charge is 0.262 e. The molecule has 1 heterocycles. The van der Waals surface area contributed by atoms with Crippen LogP contribution in [0.5, 0.6) is 0 Å². The van der Waals surface area contributed by atoms with E-state index in [1.165, 1.54) is 10.9 Å². The fourth-order valence-corrected chi connectivity index (χ4v) is 4.26. The van der Waals surface area contributed by atoms with E-state index in [0.29, 0.717) is 12.8 Å². The Morgan fingerprint density at radius 2 is 2.00 bits per heavy atom. The standard InChI is InChI=1S/C12H17ClN4O2S/c1-17-9-15-11(10(17)13)20(18,19)16-12(8-14)6-4-2-3-5-7-12/h9,16H,2-7H2,1H3. The summed E-state index contributed by atoms with van der Waals surface area (Å²) in [5, 5.41) is 9.23. The maximum atomic E-state index is 12.4. The van der Waals surface area contributed by atoms with Gasteiger partial charge >= 0.3 is 0 Å². The highest BCUT2D eigenvalue weighted by atomic mass is 35.5. The summed E-state index contributed by atoms with van der Waals surface area (Å²) in [5.74, 6) is 0. The van der Waals surface area contributed by atoms with Crippen molar-refractivity contribution in [3.05, 3.63) is 11.5 Å². The van der Waals surface area contributed by atoms with Gasteiger partial charge in [0.1, 0.15) is 10.7 Å². The number of aryl methyl sites for hydroxylation is 1. The molecule has 1 aromatic rings. The number of nitrogens with one attached hydrogen (secondary N) is 1. The fourth-order valence-electron chi connectivity index (χ4n) is 2.45. The molecule has 1 saturated carbocycles. The summed E-state index contributed by atoms with van der Waals surface area (Å²) >= 11 is 5.93. The van der Waals surface area contributed by atoms with Gasteiger partial charge in [-0.2, -0.15) is 9.98 Å². The zero-order chi connectivity index (χ0) is 14.8. The van der Waals surface area contributed by atoms with Gasteiger partial charge in [0.2, 0.25) is 5.03 Å². The number of sulfonamides is 1. The Kier molecular flexibility index (Phi) is 4.37. The van der Waals surface area contributed by atoms with E-state index in [-0.39, 0.29) is 10.2 Å². The number of imidazole rings is 1. The Bertz CT molecular complexity index is 624. The second-order valence-electron chi connectivity index (χ2n) is 5.17. The third-order valence-electron chi connectivity index (χ3n) is 3.59. The molecule has 2 rings (SSSR count). The topological polar surface area (TPSA) is 87.8 Å². The summed E-state index contributed by atoms with van der Waals surface area (Å²) in [5.41, 5.74) is -1.05. The monoisotopic (exact) mass is 316 g/mol. The van der Waals surface area contributed by atoms with E-state index in [4.69, 9.17) is 11.6 Å². The Morgan fingerprint density at radius 1 is 1.40 bits per heavy atom. The molecule has 110 valence electrons. The van der Waals surface area contributed by atoms with Crippen LogP contribution in [0.1, 0.15) is 38.5 Å². The van der Waals surface area contributed by atoms with Gasteiger partial charge in [-0.25, -0.2) is 13.4 Å². The van der Waals surface area contributed by atoms with Crippen molar-refractivity contribution in [2.75, 3.05) is 0 Å². The van der Waals surface area contributed by atoms with E-state index in [1.54, 1.807) is 7.05 Å². The number of nitrogens with zero attached hydrogens (tertiary/aromatic N) is 3. The molecule has 0 unspecified atom stereocenters. The molecule has 6 nitrogen and oxygen atoms in total. The van der Waals surface area contributed by atoms with Crippen molar-refractivity contribution < 1.29 is 8.42 Å². The molecule has 0 radical (unpaired) electrons. The van der Waals surface area contributed by atoms with Crippen molar-refractivity contribution in [1.82, 2.24) is 14.3 Å². The molecule has 1 aromatic heterocycles. The molecule has 0 bridgehead atoms. The summed E-state index contributed by atoms with van der Waals surface area (Å²) in [7, 11) is -2.28. The van der Waals surface area contributed by atoms with Crippen LogP contribution in [-0.4, -0.2) is 23.5 Å². The molecule has 0 aliphatic heterocycles. The van der Waals surface area contributed by atoms with Crippen LogP contribution in [0.2, 0.25) is 5.15 Å². The average Bonchev–Trinajstić information content (AvgIpc) is 2.63. The van der Waals surface area contributed by atoms with Crippen molar-refractivity contribution in [3.63, 3.8) is 0 Å². The number of hydrogen-bond acceptors (Lipinski definition) is 4. The van der Waals surface area contributed by atoms with Crippen LogP contribution in [-0.2, 0) is 17.1 Å². The molecular formula is C12H17ClN4O2S. The zero-order valence-electron chi connectivity index (χ0n) is 11.3. The lowest BCUT2D eigenvalue weighted by Gasteiger charge is -2.25. The summed E-state index contributed by atoms with van der Waals surface area (Å²) < 4.78 is 28.7. The van der Waals surface area contributed by atoms with Crippen LogP contribution in [0.15, 0.2) is 11.4 Å². The Balaban J connectivity index is 2.31. The van der Waals surface area contributed by atoms with Gasteiger partial charge in [-0.05, 0) is 12.8 Å². The van der Waals surface area contributed by atoms with Crippen LogP contribution in [0.4, 0.5) is 0 Å². The lowest BCUT2D eigenvalue weighted by molar-refractivity contribution is 0.421. The summed E-state index contributed by atoms with van der Waals surface area (Å²) in [6, 6.07) is 2.14. The first-order chi connectivity index (χ1) is 9.40. The second kappa shape index (κ2) is 5.72. The lowest BCUT2D eigenvalue weighted by atomic mass is 9.94. The SMILES string of the molecule is Cn1cnc(S(=O)(=O)NC2(C#N)CCCCCC2)c1Cl. The van der Waals surface area contributed by atoms with Gasteiger partial charge in [0.05, 0.1) is 12.4 Å². The van der Waals surface area contributed by atoms with Crippen molar-refractivity contribution in [3.8, 4) is 6.07 Å². The van der Waals surface area contributed by atoms with Crippen molar-refractivity contribution in [2.45, 2.75) is 49.1 Å². The first kappa shape index (κ1) is 15.3. The van der Waals surface area contributed by atoms with Gasteiger partial charge < -0.3 is 4.57 Å². The number of aromatic nitrogens is 2. The van der Waals surface area contributed by atoms with E-state index in [1.807, 2.05) is 0 Å². The van der Waals surface area contributed by atoms with E-state index in [9.17, 15) is 13.7 Å². The van der Waals surface area contributed by atoms with Crippen molar-refractivity contribution in [2.24, 2.45) is 7.05 Å². The molecule has 1 aliphatic rings. The summed E-state index contributed by atoms with van der Waals surface area (Å²) in [6.07, 6.45) is 6.10. The second-order valence-corrected chi connectivity index (χ2v) is 7.12. The van der Waals surface area contributed by atoms with E-state index in [2.05, 4.69) is 15.8 Å². The molecule has 1 aliphatic carbocycles. The lowest BCUT2D eigenvalue weighted by Crippen LogP contribution is -2.47. The highest BCUT2D eigenvalue weighted by molar-refractivity contribution is 7.89. The van der Waals surface area contributed by atoms with Gasteiger partial charge in [-0.1, -0.05) is 37.3 Å². The van der Waals surface area contributed by atoms with Crippen LogP contribution >= 0.6 is 11.6 Å². The number of nitriles is 1. The summed E-state index contributed by atoms with van der Waals surface area (Å²) in [6.45, 7) is 0. The van der Waals surface area contributed by atoms with Gasteiger partial charge in [0.25, 0.3) is 10.0 Å². The van der Waals surface area contributed by atoms with E-state index < -0.39 is 15.6 Å². The van der Waals surface area contributed by atoms with Gasteiger partial charge in [0.15, 0.2) is 0 Å². The molecule has 0 spiro atoms. The predicted octanol–water partition coefficient (Wildman–Crippen LogP) is 1.97. The minimum Gasteiger partial charge on any atom is -0.324 e. The number of hydrogen-bond donors (Lipinski definition) is 1. The molecule has 0 amide bonds. The first-order valence-corrected chi connectivity index (χ1v) is 8.38. The molecule has 1 N–H and O–H groups in total. The van der Waals surface area contributed by atoms with Crippen LogP contribution < -0.4 is 4.72 Å². The minimum atomic E-state index is -3.89. The molecule has 0 aromatic carbocycles. The Morgan fingerprint density at radius 3 is 2.45 bits per heavy atom. The molecule has 20 heavy (non-hydrogen) atoms. The predicted molar refractivity (Wildman–Crippen MR) is 74.6 cm³/mol. The van der Waals surface area contributed by atoms with Crippen molar-refractivity contribution in [1.29, 1.82) is 5.26 Å². The van der Waals surface area contributed by atoms with Gasteiger partial charge in [-0.15, -0.1) is 0 Å². The zero-order valence-corrected chi connectivity index (χ0v) is 12.8. The van der Waals surface area contributed by atoms with Crippen LogP contribution in [0, 0.1) is 11.3 Å². The molecule has 8 heteroatoms. The fraction of sp³-hybridized carbons (Fsp3) is 0.667. The van der Waals surface area contributed by atoms with Crippen LogP contribution in [0.3, 0.4) is 0 Å². The molecule has 1 fully saturated rings. The maximum absolute atomic E-state index is 12.4. The Hall–Kier alpha value is -1.10. The third-order valence-corrected chi connectivity index (χ3v) is 5.61. The number of rotatable bonds is 3. The highest BCUT2D eigenvalue weighted by Crippen LogP contribution is 2.29. The normalized spacial score (nSPS) is 19.2. The quantitative estimate of drug-likeness (QED) is 0.863. The Labute approximate surface area is 123 Å². The molecule has 0 saturated heterocycles. The largest absolute Gasteiger partial charge is 0.324 e. The number of halogens is 1. The summed E-state index contributed by atoms with van der Waals surface area (Å²) in [4.78, 5) is 3.81. The van der Waals surface area contributed by atoms with Crippen molar-refractivity contribution >= 4 is 21.6 Å². The van der Waals surface area contributed by atoms with Gasteiger partial charge in [-0.3, -0.25) is 0 Å².